The number of carbonyl (C=O) groups is 2. The summed E-state index contributed by atoms with van der Waals surface area (Å²) in [5, 5.41) is 7.69. The smallest absolute Gasteiger partial charge is 0.314 e. The number of amides is 2. The summed E-state index contributed by atoms with van der Waals surface area (Å²) in [7, 11) is -1.25. The van der Waals surface area contributed by atoms with Gasteiger partial charge in [0.25, 0.3) is 0 Å². The molecule has 0 spiro atoms. The summed E-state index contributed by atoms with van der Waals surface area (Å²) >= 11 is 0. The number of nitrogens with one attached hydrogen (secondary N) is 1. The first-order chi connectivity index (χ1) is 18.6. The van der Waals surface area contributed by atoms with Crippen LogP contribution in [0.2, 0.25) is 25.7 Å². The normalized spacial score (nSPS) is 11.2. The minimum Gasteiger partial charge on any atom is -0.383 e. The van der Waals surface area contributed by atoms with E-state index in [-0.39, 0.29) is 42.7 Å². The number of aromatic nitrogens is 4. The Bertz CT molecular complexity index is 1440. The predicted molar refractivity (Wildman–Crippen MR) is 154 cm³/mol. The van der Waals surface area contributed by atoms with Crippen LogP contribution in [0.25, 0.3) is 10.9 Å². The third-order valence-electron chi connectivity index (χ3n) is 6.18. The number of nitrogen functional groups attached to an aromatic ring is 1. The van der Waals surface area contributed by atoms with Crippen molar-refractivity contribution in [1.82, 2.24) is 24.6 Å². The molecule has 4 aromatic rings. The molecule has 1 aromatic carbocycles. The first kappa shape index (κ1) is 31.0. The Kier molecular flexibility index (Phi) is 10.6. The zero-order chi connectivity index (χ0) is 28.0. The van der Waals surface area contributed by atoms with E-state index < -0.39 is 19.9 Å². The van der Waals surface area contributed by atoms with Crippen molar-refractivity contribution in [2.24, 2.45) is 0 Å². The molecule has 0 aliphatic heterocycles. The largest absolute Gasteiger partial charge is 0.383 e. The first-order valence-electron chi connectivity index (χ1n) is 12.8. The fourth-order valence-electron chi connectivity index (χ4n) is 3.95. The summed E-state index contributed by atoms with van der Waals surface area (Å²) in [4.78, 5) is 36.8. The molecule has 0 unspecified atom stereocenters. The maximum atomic E-state index is 13.5. The van der Waals surface area contributed by atoms with Gasteiger partial charge < -0.3 is 20.7 Å². The molecule has 0 atom stereocenters. The van der Waals surface area contributed by atoms with E-state index in [1.165, 1.54) is 11.1 Å². The van der Waals surface area contributed by atoms with Crippen LogP contribution in [0.5, 0.6) is 0 Å². The van der Waals surface area contributed by atoms with Gasteiger partial charge in [-0.2, -0.15) is 5.10 Å². The molecule has 4 rings (SSSR count). The van der Waals surface area contributed by atoms with Crippen molar-refractivity contribution in [2.45, 2.75) is 52.4 Å². The number of nitrogens with zero attached hydrogens (tertiary/aromatic N) is 5. The van der Waals surface area contributed by atoms with Crippen molar-refractivity contribution in [2.75, 3.05) is 17.7 Å². The SMILES string of the molecule is Cc1ccc(CN(Cc2ccccc2)C(=O)C(=O)Nc2cnc(N)c3cnn(COCC[Si](C)(C)C)c23)nc1.[Cu]. The second-order valence-electron chi connectivity index (χ2n) is 10.7. The molecule has 0 aliphatic carbocycles. The van der Waals surface area contributed by atoms with Crippen molar-refractivity contribution in [3.05, 3.63) is 77.9 Å². The van der Waals surface area contributed by atoms with E-state index in [2.05, 4.69) is 40.0 Å². The first-order valence-corrected chi connectivity index (χ1v) is 16.5. The van der Waals surface area contributed by atoms with Crippen LogP contribution in [0.1, 0.15) is 16.8 Å². The number of ether oxygens (including phenoxy) is 1. The molecular weight excluding hydrogens is 574 g/mol. The van der Waals surface area contributed by atoms with Crippen LogP contribution in [0.3, 0.4) is 0 Å². The number of rotatable bonds is 10. The maximum Gasteiger partial charge on any atom is 0.314 e. The van der Waals surface area contributed by atoms with E-state index in [0.717, 1.165) is 17.2 Å². The van der Waals surface area contributed by atoms with Crippen LogP contribution >= 0.6 is 0 Å². The molecule has 0 aliphatic rings. The topological polar surface area (TPSA) is 128 Å². The van der Waals surface area contributed by atoms with E-state index in [4.69, 9.17) is 10.5 Å². The number of fused-ring (bicyclic) bond motifs is 1. The van der Waals surface area contributed by atoms with Gasteiger partial charge in [-0.25, -0.2) is 9.67 Å². The van der Waals surface area contributed by atoms with E-state index in [0.29, 0.717) is 28.9 Å². The van der Waals surface area contributed by atoms with Crippen molar-refractivity contribution in [3.8, 4) is 0 Å². The minimum absolute atomic E-state index is 0. The summed E-state index contributed by atoms with van der Waals surface area (Å²) < 4.78 is 7.49. The van der Waals surface area contributed by atoms with Crippen molar-refractivity contribution in [1.29, 1.82) is 0 Å². The van der Waals surface area contributed by atoms with Crippen LogP contribution in [-0.2, 0) is 51.2 Å². The molecule has 1 radical (unpaired) electrons. The Balaban J connectivity index is 0.00000441. The maximum absolute atomic E-state index is 13.5. The average molecular weight is 609 g/mol. The van der Waals surface area contributed by atoms with Gasteiger partial charge in [0.2, 0.25) is 0 Å². The molecule has 12 heteroatoms. The number of carbonyl (C=O) groups excluding carboxylic acids is 2. The van der Waals surface area contributed by atoms with Gasteiger partial charge >= 0.3 is 11.8 Å². The van der Waals surface area contributed by atoms with E-state index in [1.807, 2.05) is 49.4 Å². The van der Waals surface area contributed by atoms with E-state index in [1.54, 1.807) is 17.1 Å². The standard InChI is InChI=1S/C28H35N7O3Si.Cu/c1-20-10-11-22(30-14-20)18-34(17-21-8-6-5-7-9-21)28(37)27(36)33-24-16-31-26(29)23-15-32-35(25(23)24)19-38-12-13-39(2,3)4;/h5-11,14-16H,12-13,17-19H2,1-4H3,(H2,29,31)(H,33,36);. The number of nitrogens with two attached hydrogens (primary N) is 1. The molecule has 2 amide bonds. The average Bonchev–Trinajstić information content (AvgIpc) is 3.34. The van der Waals surface area contributed by atoms with Gasteiger partial charge in [0, 0.05) is 44.5 Å². The monoisotopic (exact) mass is 608 g/mol. The van der Waals surface area contributed by atoms with Gasteiger partial charge in [-0.3, -0.25) is 14.6 Å². The molecule has 0 saturated heterocycles. The van der Waals surface area contributed by atoms with Gasteiger partial charge in [0.1, 0.15) is 12.5 Å². The van der Waals surface area contributed by atoms with Crippen LogP contribution < -0.4 is 11.1 Å². The summed E-state index contributed by atoms with van der Waals surface area (Å²) in [6.07, 6.45) is 4.76. The Morgan fingerprint density at radius 1 is 1.02 bits per heavy atom. The van der Waals surface area contributed by atoms with Crippen molar-refractivity contribution >= 4 is 42.3 Å². The summed E-state index contributed by atoms with van der Waals surface area (Å²) in [6, 6.07) is 14.3. The molecule has 3 heterocycles. The molecule has 3 N–H and O–H groups in total. The molecular formula is C28H35CuN7O3Si. The second kappa shape index (κ2) is 13.7. The predicted octanol–water partition coefficient (Wildman–Crippen LogP) is 4.19. The molecule has 0 saturated carbocycles. The molecule has 3 aromatic heterocycles. The van der Waals surface area contributed by atoms with Crippen LogP contribution in [0, 0.1) is 6.92 Å². The molecule has 0 bridgehead atoms. The summed E-state index contributed by atoms with van der Waals surface area (Å²) in [6.45, 7) is 10.0. The van der Waals surface area contributed by atoms with Gasteiger partial charge in [-0.15, -0.1) is 0 Å². The van der Waals surface area contributed by atoms with Gasteiger partial charge in [-0.05, 0) is 30.2 Å². The Morgan fingerprint density at radius 3 is 2.45 bits per heavy atom. The Morgan fingerprint density at radius 2 is 1.77 bits per heavy atom. The van der Waals surface area contributed by atoms with E-state index >= 15 is 0 Å². The fraction of sp³-hybridized carbons (Fsp3) is 0.321. The summed E-state index contributed by atoms with van der Waals surface area (Å²) in [5.74, 6) is -1.21. The zero-order valence-electron chi connectivity index (χ0n) is 23.1. The fourth-order valence-corrected chi connectivity index (χ4v) is 4.71. The summed E-state index contributed by atoms with van der Waals surface area (Å²) in [5.41, 5.74) is 9.55. The molecule has 0 fully saturated rings. The number of hydrogen-bond acceptors (Lipinski definition) is 7. The van der Waals surface area contributed by atoms with Crippen LogP contribution in [0.15, 0.2) is 61.1 Å². The number of hydrogen-bond donors (Lipinski definition) is 2. The van der Waals surface area contributed by atoms with E-state index in [9.17, 15) is 9.59 Å². The number of benzene rings is 1. The van der Waals surface area contributed by atoms with Gasteiger partial charge in [-0.1, -0.05) is 56.0 Å². The third-order valence-corrected chi connectivity index (χ3v) is 7.89. The van der Waals surface area contributed by atoms with Gasteiger partial charge in [0.05, 0.1) is 41.2 Å². The van der Waals surface area contributed by atoms with Crippen molar-refractivity contribution < 1.29 is 31.4 Å². The van der Waals surface area contributed by atoms with Gasteiger partial charge in [0.15, 0.2) is 0 Å². The molecule has 40 heavy (non-hydrogen) atoms. The minimum atomic E-state index is -1.25. The third kappa shape index (κ3) is 8.22. The quantitative estimate of drug-likeness (QED) is 0.157. The van der Waals surface area contributed by atoms with Crippen LogP contribution in [-0.4, -0.2) is 51.1 Å². The van der Waals surface area contributed by atoms with Crippen molar-refractivity contribution in [3.63, 3.8) is 0 Å². The second-order valence-corrected chi connectivity index (χ2v) is 16.4. The number of anilines is 2. The molecule has 215 valence electrons. The number of aryl methyl sites for hydroxylation is 1. The number of pyridine rings is 2. The Labute approximate surface area is 245 Å². The molecule has 10 nitrogen and oxygen atoms in total. The van der Waals surface area contributed by atoms with Crippen LogP contribution in [0.4, 0.5) is 11.5 Å². The zero-order valence-corrected chi connectivity index (χ0v) is 25.1. The Hall–Kier alpha value is -3.57.